The zero-order chi connectivity index (χ0) is 12.1. The van der Waals surface area contributed by atoms with E-state index in [1.165, 1.54) is 25.7 Å². The lowest BCUT2D eigenvalue weighted by Crippen LogP contribution is -2.39. The number of amides is 1. The van der Waals surface area contributed by atoms with Gasteiger partial charge in [0.2, 0.25) is 5.91 Å². The predicted octanol–water partition coefficient (Wildman–Crippen LogP) is 1.12. The Morgan fingerprint density at radius 2 is 2.35 bits per heavy atom. The molecule has 0 aliphatic heterocycles. The van der Waals surface area contributed by atoms with Crippen LogP contribution in [0.4, 0.5) is 0 Å². The fourth-order valence-corrected chi connectivity index (χ4v) is 2.24. The summed E-state index contributed by atoms with van der Waals surface area (Å²) in [5.74, 6) is 0.819. The highest BCUT2D eigenvalue weighted by Gasteiger charge is 2.16. The van der Waals surface area contributed by atoms with Crippen molar-refractivity contribution in [1.29, 1.82) is 0 Å². The van der Waals surface area contributed by atoms with Crippen molar-refractivity contribution in [3.05, 3.63) is 18.2 Å². The first-order chi connectivity index (χ1) is 8.25. The maximum absolute atomic E-state index is 11.7. The van der Waals surface area contributed by atoms with Crippen LogP contribution in [-0.4, -0.2) is 28.5 Å². The molecule has 94 valence electrons. The fourth-order valence-electron chi connectivity index (χ4n) is 2.24. The van der Waals surface area contributed by atoms with E-state index in [4.69, 9.17) is 0 Å². The second kappa shape index (κ2) is 5.82. The Morgan fingerprint density at radius 3 is 3.00 bits per heavy atom. The summed E-state index contributed by atoms with van der Waals surface area (Å²) in [5, 5.41) is 6.20. The van der Waals surface area contributed by atoms with E-state index >= 15 is 0 Å². The summed E-state index contributed by atoms with van der Waals surface area (Å²) in [5.41, 5.74) is 0. The number of carbonyl (C=O) groups is 1. The van der Waals surface area contributed by atoms with E-state index in [1.807, 2.05) is 6.92 Å². The zero-order valence-corrected chi connectivity index (χ0v) is 10.2. The number of nitrogens with one attached hydrogen (secondary N) is 3. The number of hydrogen-bond acceptors (Lipinski definition) is 3. The van der Waals surface area contributed by atoms with Gasteiger partial charge in [0.25, 0.3) is 0 Å². The molecule has 1 atom stereocenters. The lowest BCUT2D eigenvalue weighted by Gasteiger charge is -2.14. The average molecular weight is 236 g/mol. The van der Waals surface area contributed by atoms with Crippen molar-refractivity contribution < 1.29 is 4.79 Å². The normalized spacial score (nSPS) is 18.2. The molecule has 5 heteroatoms. The number of hydrogen-bond donors (Lipinski definition) is 3. The van der Waals surface area contributed by atoms with Crippen molar-refractivity contribution in [2.24, 2.45) is 0 Å². The number of carbonyl (C=O) groups excluding carboxylic acids is 1. The summed E-state index contributed by atoms with van der Waals surface area (Å²) in [6.45, 7) is 2.32. The Morgan fingerprint density at radius 1 is 1.59 bits per heavy atom. The minimum absolute atomic E-state index is 0.0285. The van der Waals surface area contributed by atoms with Gasteiger partial charge in [0, 0.05) is 18.4 Å². The molecule has 0 saturated heterocycles. The molecule has 3 N–H and O–H groups in total. The van der Waals surface area contributed by atoms with Gasteiger partial charge < -0.3 is 15.6 Å². The second-order valence-electron chi connectivity index (χ2n) is 4.63. The molecule has 0 radical (unpaired) electrons. The molecule has 1 aromatic heterocycles. The topological polar surface area (TPSA) is 69.8 Å². The smallest absolute Gasteiger partial charge is 0.234 e. The van der Waals surface area contributed by atoms with Gasteiger partial charge in [-0.2, -0.15) is 0 Å². The van der Waals surface area contributed by atoms with Gasteiger partial charge >= 0.3 is 0 Å². The molecule has 1 amide bonds. The number of rotatable bonds is 5. The summed E-state index contributed by atoms with van der Waals surface area (Å²) >= 11 is 0. The van der Waals surface area contributed by atoms with E-state index < -0.39 is 0 Å². The summed E-state index contributed by atoms with van der Waals surface area (Å²) in [4.78, 5) is 18.8. The van der Waals surface area contributed by atoms with Crippen LogP contribution in [0.2, 0.25) is 0 Å². The van der Waals surface area contributed by atoms with Gasteiger partial charge in [0.1, 0.15) is 5.82 Å². The van der Waals surface area contributed by atoms with Gasteiger partial charge in [0.15, 0.2) is 0 Å². The molecule has 1 unspecified atom stereocenters. The third-order valence-corrected chi connectivity index (χ3v) is 3.21. The standard InChI is InChI=1S/C12H20N4O/c1-9(12-13-6-7-14-12)16-11(17)8-15-10-4-2-3-5-10/h6-7,9-10,15H,2-5,8H2,1H3,(H,13,14)(H,16,17). The lowest BCUT2D eigenvalue weighted by molar-refractivity contribution is -0.121. The molecular weight excluding hydrogens is 216 g/mol. The zero-order valence-electron chi connectivity index (χ0n) is 10.2. The molecule has 1 heterocycles. The number of nitrogens with zero attached hydrogens (tertiary/aromatic N) is 1. The van der Waals surface area contributed by atoms with Crippen LogP contribution in [0.5, 0.6) is 0 Å². The van der Waals surface area contributed by atoms with E-state index in [2.05, 4.69) is 20.6 Å². The number of imidazole rings is 1. The van der Waals surface area contributed by atoms with E-state index in [-0.39, 0.29) is 11.9 Å². The van der Waals surface area contributed by atoms with Crippen LogP contribution in [0.15, 0.2) is 12.4 Å². The summed E-state index contributed by atoms with van der Waals surface area (Å²) < 4.78 is 0. The van der Waals surface area contributed by atoms with Crippen LogP contribution in [0.25, 0.3) is 0 Å². The molecule has 1 aromatic rings. The van der Waals surface area contributed by atoms with E-state index in [9.17, 15) is 4.79 Å². The quantitative estimate of drug-likeness (QED) is 0.717. The van der Waals surface area contributed by atoms with Crippen LogP contribution in [-0.2, 0) is 4.79 Å². The highest BCUT2D eigenvalue weighted by molar-refractivity contribution is 5.78. The molecule has 0 aromatic carbocycles. The first kappa shape index (κ1) is 12.1. The molecule has 1 fully saturated rings. The molecule has 2 rings (SSSR count). The SMILES string of the molecule is CC(NC(=O)CNC1CCCC1)c1ncc[nH]1. The van der Waals surface area contributed by atoms with Crippen LogP contribution in [0, 0.1) is 0 Å². The summed E-state index contributed by atoms with van der Waals surface area (Å²) in [6.07, 6.45) is 8.40. The molecule has 0 spiro atoms. The Labute approximate surface area is 101 Å². The highest BCUT2D eigenvalue weighted by atomic mass is 16.2. The monoisotopic (exact) mass is 236 g/mol. The lowest BCUT2D eigenvalue weighted by atomic mass is 10.2. The Kier molecular flexibility index (Phi) is 4.14. The van der Waals surface area contributed by atoms with Gasteiger partial charge in [-0.25, -0.2) is 4.98 Å². The van der Waals surface area contributed by atoms with Crippen LogP contribution < -0.4 is 10.6 Å². The molecule has 17 heavy (non-hydrogen) atoms. The van der Waals surface area contributed by atoms with Gasteiger partial charge in [-0.3, -0.25) is 4.79 Å². The van der Waals surface area contributed by atoms with Crippen molar-refractivity contribution in [2.45, 2.75) is 44.7 Å². The maximum atomic E-state index is 11.7. The summed E-state index contributed by atoms with van der Waals surface area (Å²) in [7, 11) is 0. The largest absolute Gasteiger partial charge is 0.347 e. The Bertz CT molecular complexity index is 343. The van der Waals surface area contributed by atoms with Crippen LogP contribution in [0.3, 0.4) is 0 Å². The predicted molar refractivity (Wildman–Crippen MR) is 65.4 cm³/mol. The maximum Gasteiger partial charge on any atom is 0.234 e. The van der Waals surface area contributed by atoms with Gasteiger partial charge in [-0.15, -0.1) is 0 Å². The average Bonchev–Trinajstić information content (AvgIpc) is 2.99. The molecule has 1 aliphatic rings. The van der Waals surface area contributed by atoms with Gasteiger partial charge in [-0.05, 0) is 19.8 Å². The van der Waals surface area contributed by atoms with Crippen molar-refractivity contribution in [3.63, 3.8) is 0 Å². The molecule has 5 nitrogen and oxygen atoms in total. The van der Waals surface area contributed by atoms with Crippen LogP contribution in [0.1, 0.15) is 44.5 Å². The minimum atomic E-state index is -0.0668. The Balaban J connectivity index is 1.69. The van der Waals surface area contributed by atoms with Crippen molar-refractivity contribution in [2.75, 3.05) is 6.54 Å². The van der Waals surface area contributed by atoms with Crippen molar-refractivity contribution in [1.82, 2.24) is 20.6 Å². The minimum Gasteiger partial charge on any atom is -0.347 e. The van der Waals surface area contributed by atoms with Crippen molar-refractivity contribution in [3.8, 4) is 0 Å². The van der Waals surface area contributed by atoms with E-state index in [0.29, 0.717) is 12.6 Å². The number of aromatic nitrogens is 2. The van der Waals surface area contributed by atoms with Gasteiger partial charge in [-0.1, -0.05) is 12.8 Å². The molecule has 1 aliphatic carbocycles. The number of aromatic amines is 1. The summed E-state index contributed by atoms with van der Waals surface area (Å²) in [6, 6.07) is 0.461. The highest BCUT2D eigenvalue weighted by Crippen LogP contribution is 2.17. The molecule has 0 bridgehead atoms. The third-order valence-electron chi connectivity index (χ3n) is 3.21. The molecule has 1 saturated carbocycles. The second-order valence-corrected chi connectivity index (χ2v) is 4.63. The first-order valence-electron chi connectivity index (χ1n) is 6.27. The van der Waals surface area contributed by atoms with E-state index in [1.54, 1.807) is 12.4 Å². The number of H-pyrrole nitrogens is 1. The fraction of sp³-hybridized carbons (Fsp3) is 0.667. The van der Waals surface area contributed by atoms with Gasteiger partial charge in [0.05, 0.1) is 12.6 Å². The van der Waals surface area contributed by atoms with Crippen LogP contribution >= 0.6 is 0 Å². The molecular formula is C12H20N4O. The Hall–Kier alpha value is -1.36. The van der Waals surface area contributed by atoms with Crippen molar-refractivity contribution >= 4 is 5.91 Å². The first-order valence-corrected chi connectivity index (χ1v) is 6.27. The third kappa shape index (κ3) is 3.56. The van der Waals surface area contributed by atoms with E-state index in [0.717, 1.165) is 5.82 Å².